The number of rotatable bonds is 1. The molecule has 0 aliphatic carbocycles. The number of carbonyl (C=O) groups excluding carboxylic acids is 1. The summed E-state index contributed by atoms with van der Waals surface area (Å²) in [5.41, 5.74) is 0.0934. The van der Waals surface area contributed by atoms with Gasteiger partial charge in [0, 0.05) is 0 Å². The third-order valence-electron chi connectivity index (χ3n) is 1.97. The second-order valence-corrected chi connectivity index (χ2v) is 4.62. The number of aromatic hydroxyl groups is 1. The van der Waals surface area contributed by atoms with Gasteiger partial charge >= 0.3 is 10.2 Å². The molecule has 1 saturated heterocycles. The van der Waals surface area contributed by atoms with Gasteiger partial charge in [-0.1, -0.05) is 12.1 Å². The van der Waals surface area contributed by atoms with E-state index in [1.54, 1.807) is 12.1 Å². The average molecular weight is 228 g/mol. The Morgan fingerprint density at radius 3 is 2.53 bits per heavy atom. The standard InChI is InChI=1S/C8H8N2O4S/c11-7-4-2-1-3-6(7)10-5-8(12)9-15(10,13)14/h1-4,11H,5H2,(H,9,12). The first kappa shape index (κ1) is 9.78. The Bertz CT molecular complexity index is 511. The topological polar surface area (TPSA) is 86.7 Å². The third kappa shape index (κ3) is 1.61. The number of phenolic OH excluding ortho intramolecular Hbond substituents is 1. The van der Waals surface area contributed by atoms with Gasteiger partial charge in [-0.15, -0.1) is 0 Å². The summed E-state index contributed by atoms with van der Waals surface area (Å²) >= 11 is 0. The van der Waals surface area contributed by atoms with Crippen molar-refractivity contribution in [2.24, 2.45) is 0 Å². The second-order valence-electron chi connectivity index (χ2n) is 3.03. The first-order valence-corrected chi connectivity index (χ1v) is 5.56. The minimum atomic E-state index is -3.84. The molecule has 0 saturated carbocycles. The van der Waals surface area contributed by atoms with Crippen molar-refractivity contribution in [3.8, 4) is 5.75 Å². The summed E-state index contributed by atoms with van der Waals surface area (Å²) in [6, 6.07) is 5.92. The number of carbonyl (C=O) groups is 1. The first-order valence-electron chi connectivity index (χ1n) is 4.12. The molecule has 0 bridgehead atoms. The molecule has 1 fully saturated rings. The Kier molecular flexibility index (Phi) is 2.04. The highest BCUT2D eigenvalue weighted by atomic mass is 32.2. The highest BCUT2D eigenvalue weighted by Gasteiger charge is 2.35. The van der Waals surface area contributed by atoms with E-state index in [4.69, 9.17) is 0 Å². The number of hydrogen-bond donors (Lipinski definition) is 2. The van der Waals surface area contributed by atoms with Gasteiger partial charge in [-0.25, -0.2) is 9.03 Å². The Balaban J connectivity index is 2.49. The van der Waals surface area contributed by atoms with Crippen molar-refractivity contribution in [2.45, 2.75) is 0 Å². The molecule has 0 aromatic heterocycles. The maximum absolute atomic E-state index is 11.4. The molecule has 0 unspecified atom stereocenters. The van der Waals surface area contributed by atoms with Gasteiger partial charge in [0.25, 0.3) is 5.91 Å². The third-order valence-corrected chi connectivity index (χ3v) is 3.36. The van der Waals surface area contributed by atoms with E-state index in [9.17, 15) is 18.3 Å². The second kappa shape index (κ2) is 3.13. The quantitative estimate of drug-likeness (QED) is 0.683. The summed E-state index contributed by atoms with van der Waals surface area (Å²) in [5.74, 6) is -0.796. The summed E-state index contributed by atoms with van der Waals surface area (Å²) < 4.78 is 25.5. The lowest BCUT2D eigenvalue weighted by Crippen LogP contribution is -2.29. The van der Waals surface area contributed by atoms with Gasteiger partial charge in [-0.3, -0.25) is 4.79 Å². The van der Waals surface area contributed by atoms with Gasteiger partial charge in [-0.05, 0) is 12.1 Å². The van der Waals surface area contributed by atoms with Crippen LogP contribution in [0.15, 0.2) is 24.3 Å². The Morgan fingerprint density at radius 1 is 1.33 bits per heavy atom. The molecular formula is C8H8N2O4S. The molecule has 0 atom stereocenters. The SMILES string of the molecule is O=C1CN(c2ccccc2O)S(=O)(=O)N1. The number of amides is 1. The van der Waals surface area contributed by atoms with Crippen LogP contribution in [0.1, 0.15) is 0 Å². The molecule has 0 spiro atoms. The lowest BCUT2D eigenvalue weighted by molar-refractivity contribution is -0.117. The van der Waals surface area contributed by atoms with Crippen molar-refractivity contribution < 1.29 is 18.3 Å². The largest absolute Gasteiger partial charge is 0.506 e. The predicted molar refractivity (Wildman–Crippen MR) is 52.5 cm³/mol. The van der Waals surface area contributed by atoms with Crippen molar-refractivity contribution in [1.29, 1.82) is 0 Å². The van der Waals surface area contributed by atoms with Crippen LogP contribution in [-0.2, 0) is 15.0 Å². The average Bonchev–Trinajstić information content (AvgIpc) is 2.40. The molecule has 7 heteroatoms. The Labute approximate surface area is 86.3 Å². The summed E-state index contributed by atoms with van der Waals surface area (Å²) in [7, 11) is -3.84. The van der Waals surface area contributed by atoms with Crippen LogP contribution in [0.2, 0.25) is 0 Å². The number of anilines is 1. The first-order chi connectivity index (χ1) is 7.00. The monoisotopic (exact) mass is 228 g/mol. The van der Waals surface area contributed by atoms with E-state index >= 15 is 0 Å². The molecule has 2 rings (SSSR count). The van der Waals surface area contributed by atoms with Crippen LogP contribution in [0.25, 0.3) is 0 Å². The molecule has 2 N–H and O–H groups in total. The molecule has 0 radical (unpaired) electrons. The van der Waals surface area contributed by atoms with Crippen molar-refractivity contribution >= 4 is 21.8 Å². The Morgan fingerprint density at radius 2 is 2.00 bits per heavy atom. The van der Waals surface area contributed by atoms with Crippen molar-refractivity contribution in [3.63, 3.8) is 0 Å². The van der Waals surface area contributed by atoms with Gasteiger partial charge < -0.3 is 5.11 Å². The van der Waals surface area contributed by atoms with Crippen LogP contribution < -0.4 is 9.03 Å². The molecule has 80 valence electrons. The van der Waals surface area contributed by atoms with Gasteiger partial charge in [0.15, 0.2) is 0 Å². The minimum Gasteiger partial charge on any atom is -0.506 e. The molecule has 1 aromatic carbocycles. The van der Waals surface area contributed by atoms with E-state index in [0.717, 1.165) is 4.31 Å². The number of hydrogen-bond acceptors (Lipinski definition) is 4. The molecule has 1 aliphatic rings. The molecule has 1 aromatic rings. The zero-order valence-corrected chi connectivity index (χ0v) is 8.36. The van der Waals surface area contributed by atoms with E-state index < -0.39 is 16.1 Å². The van der Waals surface area contributed by atoms with E-state index in [1.165, 1.54) is 12.1 Å². The van der Waals surface area contributed by atoms with Crippen LogP contribution in [0.5, 0.6) is 5.75 Å². The molecule has 1 aliphatic heterocycles. The van der Waals surface area contributed by atoms with Crippen molar-refractivity contribution in [2.75, 3.05) is 10.8 Å². The van der Waals surface area contributed by atoms with E-state index in [1.807, 2.05) is 4.72 Å². The zero-order chi connectivity index (χ0) is 11.1. The van der Waals surface area contributed by atoms with Gasteiger partial charge in [0.05, 0.1) is 5.69 Å². The minimum absolute atomic E-state index is 0.0934. The van der Waals surface area contributed by atoms with E-state index in [2.05, 4.69) is 0 Å². The predicted octanol–water partition coefficient (Wildman–Crippen LogP) is -0.427. The molecule has 1 amide bonds. The summed E-state index contributed by atoms with van der Waals surface area (Å²) in [6.07, 6.45) is 0. The van der Waals surface area contributed by atoms with E-state index in [0.29, 0.717) is 0 Å². The Hall–Kier alpha value is -1.76. The maximum atomic E-state index is 11.4. The fraction of sp³-hybridized carbons (Fsp3) is 0.125. The van der Waals surface area contributed by atoms with Gasteiger partial charge in [0.1, 0.15) is 12.3 Å². The molecule has 6 nitrogen and oxygen atoms in total. The molecule has 15 heavy (non-hydrogen) atoms. The van der Waals surface area contributed by atoms with Crippen LogP contribution in [0, 0.1) is 0 Å². The summed E-state index contributed by atoms with van der Waals surface area (Å²) in [5, 5.41) is 9.44. The number of benzene rings is 1. The fourth-order valence-corrected chi connectivity index (χ4v) is 2.50. The summed E-state index contributed by atoms with van der Waals surface area (Å²) in [4.78, 5) is 10.9. The highest BCUT2D eigenvalue weighted by Crippen LogP contribution is 2.29. The maximum Gasteiger partial charge on any atom is 0.326 e. The lowest BCUT2D eigenvalue weighted by Gasteiger charge is -2.15. The van der Waals surface area contributed by atoms with E-state index in [-0.39, 0.29) is 18.0 Å². The number of nitrogens with zero attached hydrogens (tertiary/aromatic N) is 1. The number of para-hydroxylation sites is 2. The highest BCUT2D eigenvalue weighted by molar-refractivity contribution is 7.92. The normalized spacial score (nSPS) is 18.9. The number of nitrogens with one attached hydrogen (secondary N) is 1. The summed E-state index contributed by atoms with van der Waals surface area (Å²) in [6.45, 7) is -0.306. The fourth-order valence-electron chi connectivity index (χ4n) is 1.34. The number of phenols is 1. The van der Waals surface area contributed by atoms with Gasteiger partial charge in [0.2, 0.25) is 0 Å². The van der Waals surface area contributed by atoms with Crippen LogP contribution >= 0.6 is 0 Å². The van der Waals surface area contributed by atoms with Crippen molar-refractivity contribution in [3.05, 3.63) is 24.3 Å². The van der Waals surface area contributed by atoms with Crippen LogP contribution in [-0.4, -0.2) is 26.0 Å². The van der Waals surface area contributed by atoms with Crippen molar-refractivity contribution in [1.82, 2.24) is 4.72 Å². The lowest BCUT2D eigenvalue weighted by atomic mass is 10.3. The molecular weight excluding hydrogens is 220 g/mol. The van der Waals surface area contributed by atoms with Crippen LogP contribution in [0.3, 0.4) is 0 Å². The van der Waals surface area contributed by atoms with Gasteiger partial charge in [-0.2, -0.15) is 8.42 Å². The van der Waals surface area contributed by atoms with Crippen LogP contribution in [0.4, 0.5) is 5.69 Å². The smallest absolute Gasteiger partial charge is 0.326 e. The molecule has 1 heterocycles. The zero-order valence-electron chi connectivity index (χ0n) is 7.54.